The van der Waals surface area contributed by atoms with Gasteiger partial charge in [0.1, 0.15) is 0 Å². The Labute approximate surface area is 125 Å². The van der Waals surface area contributed by atoms with E-state index in [9.17, 15) is 9.90 Å². The van der Waals surface area contributed by atoms with E-state index in [1.807, 2.05) is 11.4 Å². The van der Waals surface area contributed by atoms with Crippen LogP contribution in [0.1, 0.15) is 35.0 Å². The Hall–Kier alpha value is -2.21. The second-order valence-electron chi connectivity index (χ2n) is 4.89. The molecule has 21 heavy (non-hydrogen) atoms. The summed E-state index contributed by atoms with van der Waals surface area (Å²) in [6, 6.07) is 3.69. The normalized spacial score (nSPS) is 11.1. The smallest absolute Gasteiger partial charge is 0.336 e. The maximum atomic E-state index is 11.4. The molecule has 6 heteroatoms. The molecular formula is C15H15N3O2S. The van der Waals surface area contributed by atoms with Gasteiger partial charge in [0.15, 0.2) is 5.65 Å². The van der Waals surface area contributed by atoms with Gasteiger partial charge in [-0.25, -0.2) is 14.5 Å². The van der Waals surface area contributed by atoms with Gasteiger partial charge in [-0.3, -0.25) is 0 Å². The number of carbonyl (C=O) groups is 1. The fourth-order valence-corrected chi connectivity index (χ4v) is 2.99. The summed E-state index contributed by atoms with van der Waals surface area (Å²) in [5.74, 6) is -0.935. The first kappa shape index (κ1) is 13.8. The lowest BCUT2D eigenvalue weighted by Gasteiger charge is -2.05. The predicted octanol–water partition coefficient (Wildman–Crippen LogP) is 3.19. The lowest BCUT2D eigenvalue weighted by Crippen LogP contribution is -2.05. The summed E-state index contributed by atoms with van der Waals surface area (Å²) >= 11 is 1.63. The van der Waals surface area contributed by atoms with Crippen molar-refractivity contribution in [2.24, 2.45) is 0 Å². The zero-order chi connectivity index (χ0) is 14.8. The molecule has 0 amide bonds. The molecule has 0 atom stereocenters. The number of hydrogen-bond acceptors (Lipinski definition) is 4. The molecule has 0 aliphatic heterocycles. The van der Waals surface area contributed by atoms with Gasteiger partial charge in [0.05, 0.1) is 23.7 Å². The van der Waals surface area contributed by atoms with E-state index in [1.54, 1.807) is 28.3 Å². The zero-order valence-corrected chi connectivity index (χ0v) is 12.4. The SMILES string of the molecule is CCCc1cc(C(=O)O)c2cnn(Cc3ccsc3)c2n1. The van der Waals surface area contributed by atoms with Gasteiger partial charge in [0.2, 0.25) is 0 Å². The molecule has 3 rings (SSSR count). The van der Waals surface area contributed by atoms with Gasteiger partial charge in [-0.15, -0.1) is 0 Å². The van der Waals surface area contributed by atoms with Crippen LogP contribution in [0.5, 0.6) is 0 Å². The Morgan fingerprint density at radius 1 is 1.48 bits per heavy atom. The van der Waals surface area contributed by atoms with E-state index in [4.69, 9.17) is 0 Å². The number of thiophene rings is 1. The maximum absolute atomic E-state index is 11.4. The quantitative estimate of drug-likeness (QED) is 0.786. The third-order valence-electron chi connectivity index (χ3n) is 3.31. The minimum Gasteiger partial charge on any atom is -0.478 e. The van der Waals surface area contributed by atoms with Crippen LogP contribution < -0.4 is 0 Å². The van der Waals surface area contributed by atoms with E-state index in [1.165, 1.54) is 0 Å². The molecule has 0 aliphatic rings. The van der Waals surface area contributed by atoms with Crippen LogP contribution in [0.4, 0.5) is 0 Å². The lowest BCUT2D eigenvalue weighted by molar-refractivity contribution is 0.0699. The standard InChI is InChI=1S/C15H15N3O2S/c1-2-3-11-6-12(15(19)20)13-7-16-18(14(13)17-11)8-10-4-5-21-9-10/h4-7,9H,2-3,8H2,1H3,(H,19,20). The van der Waals surface area contributed by atoms with Crippen LogP contribution in [0.25, 0.3) is 11.0 Å². The summed E-state index contributed by atoms with van der Waals surface area (Å²) in [7, 11) is 0. The van der Waals surface area contributed by atoms with E-state index >= 15 is 0 Å². The molecule has 0 unspecified atom stereocenters. The number of aryl methyl sites for hydroxylation is 1. The van der Waals surface area contributed by atoms with Crippen LogP contribution in [-0.2, 0) is 13.0 Å². The third kappa shape index (κ3) is 2.67. The van der Waals surface area contributed by atoms with Crippen LogP contribution in [0.2, 0.25) is 0 Å². The van der Waals surface area contributed by atoms with Gasteiger partial charge in [0, 0.05) is 5.69 Å². The van der Waals surface area contributed by atoms with E-state index in [0.717, 1.165) is 24.1 Å². The highest BCUT2D eigenvalue weighted by Crippen LogP contribution is 2.20. The second-order valence-corrected chi connectivity index (χ2v) is 5.67. The largest absolute Gasteiger partial charge is 0.478 e. The Morgan fingerprint density at radius 2 is 2.33 bits per heavy atom. The molecular weight excluding hydrogens is 286 g/mol. The van der Waals surface area contributed by atoms with Gasteiger partial charge in [0.25, 0.3) is 0 Å². The van der Waals surface area contributed by atoms with Crippen molar-refractivity contribution in [2.75, 3.05) is 0 Å². The number of carboxylic acid groups (broad SMARTS) is 1. The Bertz CT molecular complexity index is 778. The number of pyridine rings is 1. The van der Waals surface area contributed by atoms with Crippen LogP contribution in [0, 0.1) is 0 Å². The molecule has 0 bridgehead atoms. The summed E-state index contributed by atoms with van der Waals surface area (Å²) in [6.07, 6.45) is 3.28. The molecule has 108 valence electrons. The topological polar surface area (TPSA) is 68.0 Å². The number of fused-ring (bicyclic) bond motifs is 1. The average Bonchev–Trinajstić information content (AvgIpc) is 3.09. The van der Waals surface area contributed by atoms with Crippen molar-refractivity contribution in [1.82, 2.24) is 14.8 Å². The van der Waals surface area contributed by atoms with Crippen molar-refractivity contribution in [3.63, 3.8) is 0 Å². The van der Waals surface area contributed by atoms with Crippen molar-refractivity contribution in [2.45, 2.75) is 26.3 Å². The molecule has 0 aliphatic carbocycles. The number of rotatable bonds is 5. The van der Waals surface area contributed by atoms with E-state index in [-0.39, 0.29) is 5.56 Å². The highest BCUT2D eigenvalue weighted by molar-refractivity contribution is 7.07. The molecule has 3 aromatic heterocycles. The number of hydrogen-bond donors (Lipinski definition) is 1. The second kappa shape index (κ2) is 5.65. The zero-order valence-electron chi connectivity index (χ0n) is 11.6. The first-order valence-corrected chi connectivity index (χ1v) is 7.73. The van der Waals surface area contributed by atoms with Crippen LogP contribution in [-0.4, -0.2) is 25.8 Å². The fraction of sp³-hybridized carbons (Fsp3) is 0.267. The maximum Gasteiger partial charge on any atom is 0.336 e. The lowest BCUT2D eigenvalue weighted by atomic mass is 10.1. The van der Waals surface area contributed by atoms with Gasteiger partial charge in [-0.05, 0) is 34.9 Å². The Morgan fingerprint density at radius 3 is 3.00 bits per heavy atom. The molecule has 0 saturated heterocycles. The van der Waals surface area contributed by atoms with Crippen molar-refractivity contribution < 1.29 is 9.90 Å². The van der Waals surface area contributed by atoms with Crippen LogP contribution in [0.15, 0.2) is 29.1 Å². The molecule has 0 spiro atoms. The van der Waals surface area contributed by atoms with Gasteiger partial charge < -0.3 is 5.11 Å². The monoisotopic (exact) mass is 301 g/mol. The summed E-state index contributed by atoms with van der Waals surface area (Å²) in [4.78, 5) is 16.0. The van der Waals surface area contributed by atoms with Crippen molar-refractivity contribution in [3.8, 4) is 0 Å². The van der Waals surface area contributed by atoms with Crippen molar-refractivity contribution in [1.29, 1.82) is 0 Å². The number of nitrogens with zero attached hydrogens (tertiary/aromatic N) is 3. The first-order chi connectivity index (χ1) is 10.2. The molecule has 0 fully saturated rings. The van der Waals surface area contributed by atoms with E-state index in [0.29, 0.717) is 17.6 Å². The minimum atomic E-state index is -0.935. The molecule has 0 saturated carbocycles. The average molecular weight is 301 g/mol. The molecule has 5 nitrogen and oxygen atoms in total. The van der Waals surface area contributed by atoms with Crippen LogP contribution >= 0.6 is 11.3 Å². The van der Waals surface area contributed by atoms with Crippen molar-refractivity contribution >= 4 is 28.3 Å². The minimum absolute atomic E-state index is 0.278. The third-order valence-corrected chi connectivity index (χ3v) is 4.04. The van der Waals surface area contributed by atoms with Crippen LogP contribution in [0.3, 0.4) is 0 Å². The summed E-state index contributed by atoms with van der Waals surface area (Å²) in [5.41, 5.74) is 2.86. The first-order valence-electron chi connectivity index (χ1n) is 6.79. The Kier molecular flexibility index (Phi) is 3.70. The number of aromatic nitrogens is 3. The highest BCUT2D eigenvalue weighted by atomic mass is 32.1. The van der Waals surface area contributed by atoms with Crippen molar-refractivity contribution in [3.05, 3.63) is 45.9 Å². The molecule has 3 heterocycles. The molecule has 0 radical (unpaired) electrons. The van der Waals surface area contributed by atoms with E-state index in [2.05, 4.69) is 22.4 Å². The predicted molar refractivity (Wildman–Crippen MR) is 81.9 cm³/mol. The summed E-state index contributed by atoms with van der Waals surface area (Å²) in [5, 5.41) is 18.4. The molecule has 3 aromatic rings. The molecule has 0 aromatic carbocycles. The fourth-order valence-electron chi connectivity index (χ4n) is 2.33. The molecule has 1 N–H and O–H groups in total. The van der Waals surface area contributed by atoms with Gasteiger partial charge in [-0.2, -0.15) is 16.4 Å². The Balaban J connectivity index is 2.12. The number of carboxylic acids is 1. The van der Waals surface area contributed by atoms with Gasteiger partial charge in [-0.1, -0.05) is 13.3 Å². The summed E-state index contributed by atoms with van der Waals surface area (Å²) in [6.45, 7) is 2.66. The summed E-state index contributed by atoms with van der Waals surface area (Å²) < 4.78 is 1.77. The number of aromatic carboxylic acids is 1. The highest BCUT2D eigenvalue weighted by Gasteiger charge is 2.16. The van der Waals surface area contributed by atoms with Gasteiger partial charge >= 0.3 is 5.97 Å². The van der Waals surface area contributed by atoms with E-state index < -0.39 is 5.97 Å².